The summed E-state index contributed by atoms with van der Waals surface area (Å²) in [5.41, 5.74) is 0.599. The quantitative estimate of drug-likeness (QED) is 0.924. The summed E-state index contributed by atoms with van der Waals surface area (Å²) >= 11 is 1.48. The number of carbonyl (C=O) groups is 1. The van der Waals surface area contributed by atoms with E-state index in [9.17, 15) is 9.18 Å². The van der Waals surface area contributed by atoms with Gasteiger partial charge in [-0.1, -0.05) is 11.3 Å². The summed E-state index contributed by atoms with van der Waals surface area (Å²) in [6.07, 6.45) is 0.826. The Morgan fingerprint density at radius 3 is 2.95 bits per heavy atom. The molecule has 1 fully saturated rings. The summed E-state index contributed by atoms with van der Waals surface area (Å²) < 4.78 is 14.1. The van der Waals surface area contributed by atoms with Gasteiger partial charge in [0.15, 0.2) is 5.13 Å². The SMILES string of the molecule is CC(C)(C)NC(=O)C1CCN(c2nc3ccc(F)cc3s2)C1. The zero-order valence-corrected chi connectivity index (χ0v) is 13.8. The maximum absolute atomic E-state index is 13.3. The van der Waals surface area contributed by atoms with E-state index in [1.54, 1.807) is 6.07 Å². The van der Waals surface area contributed by atoms with Crippen LogP contribution in [0.15, 0.2) is 18.2 Å². The second kappa shape index (κ2) is 5.50. The van der Waals surface area contributed by atoms with Crippen LogP contribution in [-0.4, -0.2) is 29.5 Å². The average molecular weight is 321 g/mol. The third-order valence-corrected chi connectivity index (χ3v) is 4.75. The molecule has 0 bridgehead atoms. The zero-order chi connectivity index (χ0) is 15.9. The van der Waals surface area contributed by atoms with Crippen LogP contribution in [0.3, 0.4) is 0 Å². The maximum Gasteiger partial charge on any atom is 0.225 e. The molecule has 22 heavy (non-hydrogen) atoms. The lowest BCUT2D eigenvalue weighted by molar-refractivity contribution is -0.125. The minimum atomic E-state index is -0.244. The van der Waals surface area contributed by atoms with E-state index in [-0.39, 0.29) is 23.2 Å². The Kier molecular flexibility index (Phi) is 3.80. The summed E-state index contributed by atoms with van der Waals surface area (Å²) in [5, 5.41) is 3.90. The predicted molar refractivity (Wildman–Crippen MR) is 87.8 cm³/mol. The molecule has 0 aliphatic carbocycles. The Balaban J connectivity index is 1.72. The van der Waals surface area contributed by atoms with Crippen molar-refractivity contribution < 1.29 is 9.18 Å². The van der Waals surface area contributed by atoms with Crippen molar-refractivity contribution in [2.45, 2.75) is 32.7 Å². The highest BCUT2D eigenvalue weighted by molar-refractivity contribution is 7.22. The smallest absolute Gasteiger partial charge is 0.225 e. The van der Waals surface area contributed by atoms with E-state index in [0.29, 0.717) is 6.54 Å². The topological polar surface area (TPSA) is 45.2 Å². The number of benzene rings is 1. The molecule has 1 aromatic carbocycles. The Morgan fingerprint density at radius 1 is 1.45 bits per heavy atom. The number of thiazole rings is 1. The number of amides is 1. The molecule has 6 heteroatoms. The third kappa shape index (κ3) is 3.21. The van der Waals surface area contributed by atoms with Gasteiger partial charge in [-0.2, -0.15) is 0 Å². The van der Waals surface area contributed by atoms with Crippen molar-refractivity contribution in [3.05, 3.63) is 24.0 Å². The summed E-state index contributed by atoms with van der Waals surface area (Å²) in [5.74, 6) is -0.156. The highest BCUT2D eigenvalue weighted by Crippen LogP contribution is 2.32. The normalized spacial score (nSPS) is 18.9. The van der Waals surface area contributed by atoms with E-state index in [0.717, 1.165) is 28.3 Å². The van der Waals surface area contributed by atoms with Crippen molar-refractivity contribution >= 4 is 32.6 Å². The molecule has 1 atom stereocenters. The molecule has 1 aliphatic heterocycles. The van der Waals surface area contributed by atoms with Crippen molar-refractivity contribution in [1.82, 2.24) is 10.3 Å². The molecular formula is C16H20FN3OS. The van der Waals surface area contributed by atoms with E-state index >= 15 is 0 Å². The highest BCUT2D eigenvalue weighted by Gasteiger charge is 2.31. The summed E-state index contributed by atoms with van der Waals surface area (Å²) in [6.45, 7) is 7.44. The Morgan fingerprint density at radius 2 is 2.23 bits per heavy atom. The van der Waals surface area contributed by atoms with Gasteiger partial charge >= 0.3 is 0 Å². The van der Waals surface area contributed by atoms with Gasteiger partial charge in [0.25, 0.3) is 0 Å². The molecular weight excluding hydrogens is 301 g/mol. The summed E-state index contributed by atoms with van der Waals surface area (Å²) in [6, 6.07) is 4.64. The molecule has 1 N–H and O–H groups in total. The van der Waals surface area contributed by atoms with Crippen LogP contribution in [0.2, 0.25) is 0 Å². The maximum atomic E-state index is 13.3. The number of rotatable bonds is 2. The fraction of sp³-hybridized carbons (Fsp3) is 0.500. The van der Waals surface area contributed by atoms with Crippen LogP contribution in [0.1, 0.15) is 27.2 Å². The largest absolute Gasteiger partial charge is 0.351 e. The van der Waals surface area contributed by atoms with Gasteiger partial charge in [0.05, 0.1) is 16.1 Å². The van der Waals surface area contributed by atoms with Gasteiger partial charge in [0, 0.05) is 18.6 Å². The molecule has 2 aromatic rings. The number of aromatic nitrogens is 1. The van der Waals surface area contributed by atoms with Crippen molar-refractivity contribution in [3.8, 4) is 0 Å². The predicted octanol–water partition coefficient (Wildman–Crippen LogP) is 3.18. The number of carbonyl (C=O) groups excluding carboxylic acids is 1. The van der Waals surface area contributed by atoms with Crippen LogP contribution >= 0.6 is 11.3 Å². The van der Waals surface area contributed by atoms with Gasteiger partial charge in [0.2, 0.25) is 5.91 Å². The van der Waals surface area contributed by atoms with Crippen molar-refractivity contribution in [3.63, 3.8) is 0 Å². The first-order chi connectivity index (χ1) is 10.3. The molecule has 1 aromatic heterocycles. The van der Waals surface area contributed by atoms with Gasteiger partial charge in [-0.25, -0.2) is 9.37 Å². The first-order valence-corrected chi connectivity index (χ1v) is 8.26. The lowest BCUT2D eigenvalue weighted by atomic mass is 10.0. The minimum absolute atomic E-state index is 0.0111. The molecule has 1 amide bonds. The van der Waals surface area contributed by atoms with Gasteiger partial charge in [-0.05, 0) is 45.4 Å². The summed E-state index contributed by atoms with van der Waals surface area (Å²) in [7, 11) is 0. The molecule has 4 nitrogen and oxygen atoms in total. The Bertz CT molecular complexity index is 707. The number of nitrogens with zero attached hydrogens (tertiary/aromatic N) is 2. The fourth-order valence-electron chi connectivity index (χ4n) is 2.64. The number of halogens is 1. The minimum Gasteiger partial charge on any atom is -0.351 e. The Labute approximate surface area is 133 Å². The van der Waals surface area contributed by atoms with E-state index in [1.807, 2.05) is 20.8 Å². The summed E-state index contributed by atoms with van der Waals surface area (Å²) in [4.78, 5) is 18.9. The number of nitrogens with one attached hydrogen (secondary N) is 1. The number of hydrogen-bond donors (Lipinski definition) is 1. The van der Waals surface area contributed by atoms with Crippen LogP contribution < -0.4 is 10.2 Å². The first kappa shape index (κ1) is 15.2. The number of fused-ring (bicyclic) bond motifs is 1. The molecule has 1 unspecified atom stereocenters. The highest BCUT2D eigenvalue weighted by atomic mass is 32.1. The molecule has 3 rings (SSSR count). The molecule has 0 spiro atoms. The van der Waals surface area contributed by atoms with Crippen molar-refractivity contribution in [2.75, 3.05) is 18.0 Å². The van der Waals surface area contributed by atoms with Gasteiger partial charge in [-0.15, -0.1) is 0 Å². The fourth-order valence-corrected chi connectivity index (χ4v) is 3.67. The van der Waals surface area contributed by atoms with Gasteiger partial charge < -0.3 is 10.2 Å². The van der Waals surface area contributed by atoms with Gasteiger partial charge in [0.1, 0.15) is 5.82 Å². The second-order valence-corrected chi connectivity index (χ2v) is 7.79. The number of hydrogen-bond acceptors (Lipinski definition) is 4. The van der Waals surface area contributed by atoms with Gasteiger partial charge in [-0.3, -0.25) is 4.79 Å². The lowest BCUT2D eigenvalue weighted by Crippen LogP contribution is -2.44. The molecule has 0 radical (unpaired) electrons. The molecule has 1 saturated heterocycles. The van der Waals surface area contributed by atoms with Crippen molar-refractivity contribution in [1.29, 1.82) is 0 Å². The molecule has 118 valence electrons. The van der Waals surface area contributed by atoms with E-state index in [4.69, 9.17) is 0 Å². The van der Waals surface area contributed by atoms with Crippen molar-refractivity contribution in [2.24, 2.45) is 5.92 Å². The first-order valence-electron chi connectivity index (χ1n) is 7.45. The Hall–Kier alpha value is -1.69. The monoisotopic (exact) mass is 321 g/mol. The average Bonchev–Trinajstić information content (AvgIpc) is 3.02. The lowest BCUT2D eigenvalue weighted by Gasteiger charge is -2.23. The van der Waals surface area contributed by atoms with Crippen LogP contribution in [0.25, 0.3) is 10.2 Å². The van der Waals surface area contributed by atoms with E-state index in [1.165, 1.54) is 23.5 Å². The zero-order valence-electron chi connectivity index (χ0n) is 13.0. The van der Waals surface area contributed by atoms with E-state index < -0.39 is 0 Å². The number of anilines is 1. The second-order valence-electron chi connectivity index (χ2n) is 6.78. The molecule has 1 aliphatic rings. The standard InChI is InChI=1S/C16H20FN3OS/c1-16(2,3)19-14(21)10-6-7-20(9-10)15-18-12-5-4-11(17)8-13(12)22-15/h4-5,8,10H,6-7,9H2,1-3H3,(H,19,21). The van der Waals surface area contributed by atoms with Crippen LogP contribution in [0, 0.1) is 11.7 Å². The van der Waals surface area contributed by atoms with E-state index in [2.05, 4.69) is 15.2 Å². The molecule has 0 saturated carbocycles. The van der Waals surface area contributed by atoms with Crippen LogP contribution in [0.4, 0.5) is 9.52 Å². The van der Waals surface area contributed by atoms with Crippen LogP contribution in [0.5, 0.6) is 0 Å². The van der Waals surface area contributed by atoms with Crippen LogP contribution in [-0.2, 0) is 4.79 Å². The molecule has 2 heterocycles. The third-order valence-electron chi connectivity index (χ3n) is 3.67.